The molecule has 2 aromatic carbocycles. The van der Waals surface area contributed by atoms with Gasteiger partial charge in [0.2, 0.25) is 11.7 Å². The lowest BCUT2D eigenvalue weighted by atomic mass is 9.57. The van der Waals surface area contributed by atoms with E-state index in [0.717, 1.165) is 0 Å². The predicted octanol–water partition coefficient (Wildman–Crippen LogP) is 1.41. The van der Waals surface area contributed by atoms with Gasteiger partial charge in [0.15, 0.2) is 11.4 Å². The van der Waals surface area contributed by atoms with Crippen LogP contribution in [0, 0.1) is 17.7 Å². The molecular weight excluding hydrogens is 549 g/mol. The lowest BCUT2D eigenvalue weighted by Crippen LogP contribution is -2.65. The number of amides is 2. The fourth-order valence-electron chi connectivity index (χ4n) is 6.61. The summed E-state index contributed by atoms with van der Waals surface area (Å²) >= 11 is 0. The third-order valence-corrected chi connectivity index (χ3v) is 8.48. The van der Waals surface area contributed by atoms with Crippen molar-refractivity contribution in [3.63, 3.8) is 0 Å². The van der Waals surface area contributed by atoms with E-state index in [2.05, 4.69) is 5.32 Å². The Hall–Kier alpha value is -4.55. The summed E-state index contributed by atoms with van der Waals surface area (Å²) in [6, 6.07) is 5.93. The maximum Gasteiger partial charge on any atom is 0.255 e. The Morgan fingerprint density at radius 3 is 2.36 bits per heavy atom. The number of nitrogens with zero attached hydrogens (tertiary/aromatic N) is 1. The highest BCUT2D eigenvalue weighted by atomic mass is 19.1. The highest BCUT2D eigenvalue weighted by molar-refractivity contribution is 6.24. The van der Waals surface area contributed by atoms with E-state index in [1.807, 2.05) is 0 Å². The second kappa shape index (κ2) is 10.1. The van der Waals surface area contributed by atoms with E-state index in [9.17, 15) is 44.0 Å². The molecule has 3 aliphatic carbocycles. The second-order valence-electron chi connectivity index (χ2n) is 11.2. The Kier molecular flexibility index (Phi) is 6.94. The van der Waals surface area contributed by atoms with E-state index in [-0.39, 0.29) is 42.0 Å². The second-order valence-corrected chi connectivity index (χ2v) is 11.2. The monoisotopic (exact) mass is 579 g/mol. The number of nitrogens with two attached hydrogens (primary N) is 1. The molecule has 42 heavy (non-hydrogen) atoms. The fourth-order valence-corrected chi connectivity index (χ4v) is 6.61. The number of likely N-dealkylation sites (N-methyl/N-ethyl adjacent to an activating group) is 1. The van der Waals surface area contributed by atoms with Crippen LogP contribution < -0.4 is 11.1 Å². The number of carbonyl (C=O) groups is 4. The molecule has 0 bridgehead atoms. The largest absolute Gasteiger partial charge is 0.508 e. The van der Waals surface area contributed by atoms with Gasteiger partial charge in [-0.15, -0.1) is 0 Å². The van der Waals surface area contributed by atoms with Gasteiger partial charge >= 0.3 is 0 Å². The minimum atomic E-state index is -2.76. The summed E-state index contributed by atoms with van der Waals surface area (Å²) in [5.41, 5.74) is 2.97. The molecule has 2 aromatic rings. The molecule has 12 heteroatoms. The third kappa shape index (κ3) is 4.17. The number of aliphatic hydroxyl groups excluding tert-OH is 2. The van der Waals surface area contributed by atoms with Gasteiger partial charge in [-0.3, -0.25) is 24.1 Å². The molecule has 0 spiro atoms. The minimum absolute atomic E-state index is 0.0647. The normalized spacial score (nSPS) is 25.2. The number of carbonyl (C=O) groups excluding carboxylic acids is 4. The number of nitrogens with one attached hydrogen (secondary N) is 1. The molecule has 3 aliphatic rings. The highest BCUT2D eigenvalue weighted by Crippen LogP contribution is 2.54. The molecule has 5 rings (SSSR count). The number of phenolic OH excluding ortho intramolecular Hbond substituents is 1. The Labute approximate surface area is 239 Å². The van der Waals surface area contributed by atoms with Crippen LogP contribution in [0.3, 0.4) is 0 Å². The molecule has 4 atom stereocenters. The topological polar surface area (TPSA) is 190 Å². The van der Waals surface area contributed by atoms with Crippen molar-refractivity contribution < 1.29 is 44.0 Å². The number of benzene rings is 2. The molecule has 0 radical (unpaired) electrons. The van der Waals surface area contributed by atoms with E-state index >= 15 is 0 Å². The molecule has 0 heterocycles. The molecule has 0 aliphatic heterocycles. The van der Waals surface area contributed by atoms with Gasteiger partial charge in [-0.25, -0.2) is 4.39 Å². The molecule has 2 amide bonds. The molecule has 0 saturated heterocycles. The Morgan fingerprint density at radius 1 is 1.14 bits per heavy atom. The molecule has 220 valence electrons. The molecular formula is C30H30FN3O8. The van der Waals surface area contributed by atoms with Crippen LogP contribution in [0.15, 0.2) is 47.2 Å². The van der Waals surface area contributed by atoms with Crippen LogP contribution in [-0.4, -0.2) is 74.4 Å². The van der Waals surface area contributed by atoms with Gasteiger partial charge in [-0.1, -0.05) is 12.1 Å². The Bertz CT molecular complexity index is 1630. The SMILES string of the molecule is CC(=O)NCc1cc(-c2ccc(F)cc2)c2c(c1O)C(O)=C1C(=O)[C@@]3(O)C(O)=C(C(N)=O)C(=O)[C@H](N(C)C)[C@@H]3C[C@@H]1C2. The van der Waals surface area contributed by atoms with Gasteiger partial charge in [0.05, 0.1) is 11.6 Å². The summed E-state index contributed by atoms with van der Waals surface area (Å²) in [6.07, 6.45) is -0.00174. The lowest BCUT2D eigenvalue weighted by molar-refractivity contribution is -0.153. The van der Waals surface area contributed by atoms with Crippen LogP contribution in [0.5, 0.6) is 5.75 Å². The zero-order valence-corrected chi connectivity index (χ0v) is 23.1. The van der Waals surface area contributed by atoms with Crippen LogP contribution in [-0.2, 0) is 32.1 Å². The summed E-state index contributed by atoms with van der Waals surface area (Å²) in [5.74, 6) is -8.38. The van der Waals surface area contributed by atoms with Crippen molar-refractivity contribution >= 4 is 29.1 Å². The van der Waals surface area contributed by atoms with Crippen molar-refractivity contribution in [1.82, 2.24) is 10.2 Å². The van der Waals surface area contributed by atoms with E-state index in [1.165, 1.54) is 50.2 Å². The number of Topliss-reactive ketones (excluding diaryl/α,β-unsaturated/α-hetero) is 2. The number of rotatable bonds is 5. The van der Waals surface area contributed by atoms with E-state index < -0.39 is 69.6 Å². The number of hydrogen-bond donors (Lipinski definition) is 6. The number of halogens is 1. The van der Waals surface area contributed by atoms with Crippen molar-refractivity contribution in [2.45, 2.75) is 38.0 Å². The van der Waals surface area contributed by atoms with Gasteiger partial charge < -0.3 is 31.5 Å². The minimum Gasteiger partial charge on any atom is -0.508 e. The summed E-state index contributed by atoms with van der Waals surface area (Å²) in [4.78, 5) is 52.5. The van der Waals surface area contributed by atoms with Crippen LogP contribution in [0.4, 0.5) is 4.39 Å². The lowest BCUT2D eigenvalue weighted by Gasteiger charge is -2.50. The average molecular weight is 580 g/mol. The van der Waals surface area contributed by atoms with Crippen molar-refractivity contribution in [2.75, 3.05) is 14.1 Å². The molecule has 0 unspecified atom stereocenters. The van der Waals surface area contributed by atoms with E-state index in [4.69, 9.17) is 5.73 Å². The highest BCUT2D eigenvalue weighted by Gasteiger charge is 2.64. The standard InChI is InChI=1S/C30H30FN3O8/c1-12(35)33-11-15-9-17(13-4-6-16(31)7-5-13)18-8-14-10-19-23(34(2)3)26(38)22(29(32)41)28(40)30(19,42)27(39)20(14)25(37)21(18)24(15)36/h4-7,9,14,19,23,36-37,40,42H,8,10-11H2,1-3H3,(H2,32,41)(H,33,35)/t14-,19-,23+,30+/m0/s1. The third-order valence-electron chi connectivity index (χ3n) is 8.48. The van der Waals surface area contributed by atoms with Gasteiger partial charge in [-0.2, -0.15) is 0 Å². The smallest absolute Gasteiger partial charge is 0.255 e. The summed E-state index contributed by atoms with van der Waals surface area (Å²) < 4.78 is 13.8. The quantitative estimate of drug-likeness (QED) is 0.284. The zero-order valence-electron chi connectivity index (χ0n) is 23.1. The number of fused-ring (bicyclic) bond motifs is 3. The van der Waals surface area contributed by atoms with Crippen molar-refractivity contribution in [3.8, 4) is 16.9 Å². The van der Waals surface area contributed by atoms with Crippen molar-refractivity contribution in [3.05, 3.63) is 69.7 Å². The maximum atomic E-state index is 14.1. The first-order valence-corrected chi connectivity index (χ1v) is 13.2. The van der Waals surface area contributed by atoms with Crippen LogP contribution in [0.2, 0.25) is 0 Å². The first-order valence-electron chi connectivity index (χ1n) is 13.2. The van der Waals surface area contributed by atoms with Crippen LogP contribution >= 0.6 is 0 Å². The zero-order chi connectivity index (χ0) is 30.8. The average Bonchev–Trinajstić information content (AvgIpc) is 2.90. The summed E-state index contributed by atoms with van der Waals surface area (Å²) in [7, 11) is 3.05. The van der Waals surface area contributed by atoms with Gasteiger partial charge in [0.1, 0.15) is 28.7 Å². The summed E-state index contributed by atoms with van der Waals surface area (Å²) in [5, 5.41) is 48.2. The Balaban J connectivity index is 1.76. The van der Waals surface area contributed by atoms with Crippen LogP contribution in [0.25, 0.3) is 16.9 Å². The van der Waals surface area contributed by atoms with Crippen molar-refractivity contribution in [2.24, 2.45) is 17.6 Å². The number of phenols is 1. The van der Waals surface area contributed by atoms with Crippen LogP contribution in [0.1, 0.15) is 30.0 Å². The van der Waals surface area contributed by atoms with Gasteiger partial charge in [-0.05, 0) is 67.7 Å². The fraction of sp³-hybridized carbons (Fsp3) is 0.333. The van der Waals surface area contributed by atoms with Crippen molar-refractivity contribution in [1.29, 1.82) is 0 Å². The van der Waals surface area contributed by atoms with E-state index in [1.54, 1.807) is 6.07 Å². The molecule has 11 nitrogen and oxygen atoms in total. The van der Waals surface area contributed by atoms with E-state index in [0.29, 0.717) is 16.7 Å². The number of primary amides is 1. The first-order chi connectivity index (χ1) is 19.7. The molecule has 1 saturated carbocycles. The van der Waals surface area contributed by atoms with Gasteiger partial charge in [0.25, 0.3) is 5.91 Å². The van der Waals surface area contributed by atoms with Gasteiger partial charge in [0, 0.05) is 30.5 Å². The first kappa shape index (κ1) is 29.0. The molecule has 7 N–H and O–H groups in total. The summed E-state index contributed by atoms with van der Waals surface area (Å²) in [6.45, 7) is 1.15. The Morgan fingerprint density at radius 2 is 1.79 bits per heavy atom. The predicted molar refractivity (Wildman–Crippen MR) is 147 cm³/mol. The maximum absolute atomic E-state index is 14.1. The number of ketones is 2. The number of aliphatic hydroxyl groups is 3. The number of hydrogen-bond acceptors (Lipinski definition) is 9. The number of aromatic hydroxyl groups is 1. The molecule has 1 fully saturated rings. The molecule has 0 aromatic heterocycles.